The number of aromatic nitrogens is 2. The molecular formula is C41H53N3O6SSi. The van der Waals surface area contributed by atoms with Crippen molar-refractivity contribution in [3.8, 4) is 0 Å². The molecule has 1 fully saturated rings. The summed E-state index contributed by atoms with van der Waals surface area (Å²) in [5.74, 6) is -2.74. The van der Waals surface area contributed by atoms with Crippen LogP contribution in [-0.2, 0) is 38.8 Å². The topological polar surface area (TPSA) is 111 Å². The van der Waals surface area contributed by atoms with E-state index in [0.29, 0.717) is 12.2 Å². The number of fused-ring (bicyclic) bond motifs is 3. The van der Waals surface area contributed by atoms with E-state index in [0.717, 1.165) is 26.7 Å². The zero-order valence-electron chi connectivity index (χ0n) is 31.4. The summed E-state index contributed by atoms with van der Waals surface area (Å²) in [6.07, 6.45) is 0.261. The summed E-state index contributed by atoms with van der Waals surface area (Å²) in [5.41, 5.74) is 4.59. The second kappa shape index (κ2) is 14.9. The number of aliphatic hydroxyl groups excluding tert-OH is 1. The molecular weight excluding hydrogens is 691 g/mol. The standard InChI is InChI=1S/C41H53N3O6SSi/c1-27(2)52(28(3)4,29(5)6)50-26-36-38-37(40(46)44(36)51(48,49)34-20-18-30(7)19-21-34)33(25-45)22-35-39(38)43(24-32-16-12-9-13-17-32)41(47)42(35)23-31-14-10-8-11-15-31/h8-21,27-29,33,36-38,45H,22-26H2,1-7H3/t33-,36+,37+,38+/m1/s1. The fourth-order valence-electron chi connectivity index (χ4n) is 9.36. The summed E-state index contributed by atoms with van der Waals surface area (Å²) in [6, 6.07) is 25.1. The maximum absolute atomic E-state index is 14.9. The SMILES string of the molecule is Cc1ccc(S(=O)(=O)N2C(=O)[C@H]3[C@@H](CO)Cc4c(n(Cc5ccccc5)c(=O)n4Cc4ccccc4)[C@H]3[C@@H]2CO[Si](C(C)C)(C(C)C)C(C)C)cc1. The molecule has 1 aliphatic carbocycles. The van der Waals surface area contributed by atoms with Crippen LogP contribution in [0, 0.1) is 18.8 Å². The second-order valence-corrected chi connectivity index (χ2v) is 22.9. The lowest BCUT2D eigenvalue weighted by Crippen LogP contribution is -2.51. The summed E-state index contributed by atoms with van der Waals surface area (Å²) < 4.78 is 41.3. The maximum Gasteiger partial charge on any atom is 0.329 e. The van der Waals surface area contributed by atoms with Crippen LogP contribution in [0.15, 0.2) is 94.6 Å². The van der Waals surface area contributed by atoms with Crippen molar-refractivity contribution in [2.24, 2.45) is 11.8 Å². The number of hydrogen-bond acceptors (Lipinski definition) is 6. The number of benzene rings is 3. The third kappa shape index (κ3) is 6.54. The van der Waals surface area contributed by atoms with E-state index in [1.165, 1.54) is 0 Å². The lowest BCUT2D eigenvalue weighted by molar-refractivity contribution is -0.129. The van der Waals surface area contributed by atoms with Crippen molar-refractivity contribution in [2.45, 2.75) is 101 Å². The molecule has 0 saturated carbocycles. The van der Waals surface area contributed by atoms with Crippen molar-refractivity contribution in [2.75, 3.05) is 13.2 Å². The van der Waals surface area contributed by atoms with Gasteiger partial charge in [-0.2, -0.15) is 0 Å². The van der Waals surface area contributed by atoms with Crippen LogP contribution < -0.4 is 5.69 Å². The van der Waals surface area contributed by atoms with Gasteiger partial charge in [-0.3, -0.25) is 13.9 Å². The van der Waals surface area contributed by atoms with Gasteiger partial charge in [0, 0.05) is 23.9 Å². The Morgan fingerprint density at radius 2 is 1.29 bits per heavy atom. The van der Waals surface area contributed by atoms with E-state index in [1.54, 1.807) is 33.4 Å². The van der Waals surface area contributed by atoms with E-state index in [9.17, 15) is 23.1 Å². The van der Waals surface area contributed by atoms with E-state index in [4.69, 9.17) is 4.43 Å². The van der Waals surface area contributed by atoms with Crippen LogP contribution >= 0.6 is 0 Å². The van der Waals surface area contributed by atoms with Crippen LogP contribution in [0.3, 0.4) is 0 Å². The van der Waals surface area contributed by atoms with Gasteiger partial charge in [0.05, 0.1) is 36.6 Å². The fourth-order valence-corrected chi connectivity index (χ4v) is 16.4. The molecule has 4 aromatic rings. The Labute approximate surface area is 309 Å². The molecule has 1 N–H and O–H groups in total. The molecule has 6 rings (SSSR count). The van der Waals surface area contributed by atoms with Crippen molar-refractivity contribution in [3.63, 3.8) is 0 Å². The minimum absolute atomic E-state index is 0.000256. The molecule has 3 aromatic carbocycles. The minimum atomic E-state index is -4.35. The molecule has 2 heterocycles. The average molecular weight is 744 g/mol. The zero-order valence-corrected chi connectivity index (χ0v) is 33.2. The van der Waals surface area contributed by atoms with Gasteiger partial charge in [-0.25, -0.2) is 17.5 Å². The van der Waals surface area contributed by atoms with Crippen LogP contribution in [0.25, 0.3) is 0 Å². The highest BCUT2D eigenvalue weighted by Gasteiger charge is 2.60. The minimum Gasteiger partial charge on any atom is -0.414 e. The number of aryl methyl sites for hydroxylation is 1. The van der Waals surface area contributed by atoms with Gasteiger partial charge < -0.3 is 9.53 Å². The van der Waals surface area contributed by atoms with Gasteiger partial charge in [-0.05, 0) is 59.1 Å². The highest BCUT2D eigenvalue weighted by molar-refractivity contribution is 7.89. The smallest absolute Gasteiger partial charge is 0.329 e. The monoisotopic (exact) mass is 743 g/mol. The first-order valence-electron chi connectivity index (χ1n) is 18.5. The molecule has 0 unspecified atom stereocenters. The van der Waals surface area contributed by atoms with E-state index >= 15 is 0 Å². The molecule has 0 spiro atoms. The quantitative estimate of drug-likeness (QED) is 0.153. The third-order valence-electron chi connectivity index (χ3n) is 11.6. The van der Waals surface area contributed by atoms with Crippen molar-refractivity contribution in [1.82, 2.24) is 13.4 Å². The number of sulfonamides is 1. The summed E-state index contributed by atoms with van der Waals surface area (Å²) >= 11 is 0. The van der Waals surface area contributed by atoms with Crippen molar-refractivity contribution < 1.29 is 22.7 Å². The molecule has 2 aliphatic rings. The number of imidazole rings is 1. The molecule has 1 amide bonds. The summed E-state index contributed by atoms with van der Waals surface area (Å²) in [5, 5.41) is 10.9. The Balaban J connectivity index is 1.60. The molecule has 11 heteroatoms. The third-order valence-corrected chi connectivity index (χ3v) is 19.6. The van der Waals surface area contributed by atoms with Gasteiger partial charge in [-0.15, -0.1) is 0 Å². The first-order valence-corrected chi connectivity index (χ1v) is 22.1. The predicted molar refractivity (Wildman–Crippen MR) is 206 cm³/mol. The number of amides is 1. The Kier molecular flexibility index (Phi) is 10.9. The molecule has 4 atom stereocenters. The second-order valence-electron chi connectivity index (χ2n) is 15.6. The van der Waals surface area contributed by atoms with E-state index in [1.807, 2.05) is 67.6 Å². The normalized spacial score (nSPS) is 20.6. The number of nitrogens with zero attached hydrogens (tertiary/aromatic N) is 3. The van der Waals surface area contributed by atoms with Gasteiger partial charge in [-0.1, -0.05) is 120 Å². The van der Waals surface area contributed by atoms with E-state index in [-0.39, 0.29) is 53.4 Å². The number of hydrogen-bond donors (Lipinski definition) is 1. The highest BCUT2D eigenvalue weighted by Crippen LogP contribution is 2.51. The van der Waals surface area contributed by atoms with Gasteiger partial charge in [0.25, 0.3) is 10.0 Å². The average Bonchev–Trinajstić information content (AvgIpc) is 3.55. The van der Waals surface area contributed by atoms with Gasteiger partial charge >= 0.3 is 5.69 Å². The Morgan fingerprint density at radius 3 is 1.79 bits per heavy atom. The summed E-state index contributed by atoms with van der Waals surface area (Å²) in [7, 11) is -6.91. The Hall–Kier alpha value is -3.77. The molecule has 1 aliphatic heterocycles. The number of carbonyl (C=O) groups excluding carboxylic acids is 1. The summed E-state index contributed by atoms with van der Waals surface area (Å²) in [6.45, 7) is 15.2. The predicted octanol–water partition coefficient (Wildman–Crippen LogP) is 6.71. The Bertz CT molecular complexity index is 2020. The van der Waals surface area contributed by atoms with Crippen LogP contribution in [0.2, 0.25) is 16.6 Å². The Morgan fingerprint density at radius 1 is 0.769 bits per heavy atom. The first-order chi connectivity index (χ1) is 24.7. The van der Waals surface area contributed by atoms with Crippen molar-refractivity contribution >= 4 is 24.2 Å². The van der Waals surface area contributed by atoms with Crippen LogP contribution in [-0.4, -0.2) is 60.4 Å². The maximum atomic E-state index is 14.9. The van der Waals surface area contributed by atoms with Crippen molar-refractivity contribution in [1.29, 1.82) is 0 Å². The number of carbonyl (C=O) groups is 1. The summed E-state index contributed by atoms with van der Waals surface area (Å²) in [4.78, 5) is 29.6. The highest BCUT2D eigenvalue weighted by atomic mass is 32.2. The molecule has 278 valence electrons. The molecule has 0 bridgehead atoms. The van der Waals surface area contributed by atoms with Crippen LogP contribution in [0.1, 0.15) is 75.5 Å². The molecule has 52 heavy (non-hydrogen) atoms. The van der Waals surface area contributed by atoms with Crippen LogP contribution in [0.4, 0.5) is 0 Å². The van der Waals surface area contributed by atoms with Crippen molar-refractivity contribution in [3.05, 3.63) is 123 Å². The van der Waals surface area contributed by atoms with Gasteiger partial charge in [0.1, 0.15) is 0 Å². The molecule has 1 aromatic heterocycles. The number of rotatable bonds is 13. The lowest BCUT2D eigenvalue weighted by atomic mass is 9.72. The number of aliphatic hydroxyl groups is 1. The van der Waals surface area contributed by atoms with E-state index in [2.05, 4.69) is 41.5 Å². The molecule has 0 radical (unpaired) electrons. The van der Waals surface area contributed by atoms with E-state index < -0.39 is 48.0 Å². The molecule has 1 saturated heterocycles. The lowest BCUT2D eigenvalue weighted by Gasteiger charge is -2.44. The van der Waals surface area contributed by atoms with Gasteiger partial charge in [0.15, 0.2) is 8.32 Å². The van der Waals surface area contributed by atoms with Gasteiger partial charge in [0.2, 0.25) is 5.91 Å². The van der Waals surface area contributed by atoms with Crippen LogP contribution in [0.5, 0.6) is 0 Å². The molecule has 9 nitrogen and oxygen atoms in total. The fraction of sp³-hybridized carbons (Fsp3) is 0.463. The zero-order chi connectivity index (χ0) is 37.5. The first kappa shape index (κ1) is 38.0. The largest absolute Gasteiger partial charge is 0.414 e.